The molecule has 0 saturated heterocycles. The van der Waals surface area contributed by atoms with Crippen molar-refractivity contribution in [3.05, 3.63) is 58.7 Å². The van der Waals surface area contributed by atoms with Gasteiger partial charge in [-0.2, -0.15) is 4.68 Å². The molecule has 8 nitrogen and oxygen atoms in total. The van der Waals surface area contributed by atoms with Crippen LogP contribution in [0.5, 0.6) is 0 Å². The minimum atomic E-state index is -0.573. The van der Waals surface area contributed by atoms with Crippen LogP contribution in [0, 0.1) is 27.7 Å². The van der Waals surface area contributed by atoms with Crippen LogP contribution >= 0.6 is 11.8 Å². The van der Waals surface area contributed by atoms with Crippen LogP contribution in [0.1, 0.15) is 22.3 Å². The molecule has 1 aromatic heterocycles. The van der Waals surface area contributed by atoms with Gasteiger partial charge in [0.2, 0.25) is 11.1 Å². The van der Waals surface area contributed by atoms with Crippen LogP contribution < -0.4 is 10.6 Å². The number of thioether (sulfide) groups is 1. The average Bonchev–Trinajstić information content (AvgIpc) is 3.12. The Morgan fingerprint density at radius 1 is 1.00 bits per heavy atom. The summed E-state index contributed by atoms with van der Waals surface area (Å²) in [6.45, 7) is 7.83. The lowest BCUT2D eigenvalue weighted by atomic mass is 10.1. The van der Waals surface area contributed by atoms with Crippen molar-refractivity contribution in [3.63, 3.8) is 0 Å². The highest BCUT2D eigenvalue weighted by molar-refractivity contribution is 7.99. The molecular formula is C20H22N6O2S. The van der Waals surface area contributed by atoms with Gasteiger partial charge in [0.1, 0.15) is 0 Å². The largest absolute Gasteiger partial charge is 0.325 e. The number of aromatic nitrogens is 4. The quantitative estimate of drug-likeness (QED) is 0.626. The fourth-order valence-corrected chi connectivity index (χ4v) is 3.45. The fraction of sp³-hybridized carbons (Fsp3) is 0.250. The zero-order valence-electron chi connectivity index (χ0n) is 16.7. The summed E-state index contributed by atoms with van der Waals surface area (Å²) in [5, 5.41) is 17.2. The summed E-state index contributed by atoms with van der Waals surface area (Å²) in [4.78, 5) is 24.3. The summed E-state index contributed by atoms with van der Waals surface area (Å²) in [7, 11) is 0. The number of nitrogens with one attached hydrogen (secondary N) is 2. The van der Waals surface area contributed by atoms with Gasteiger partial charge in [0, 0.05) is 5.69 Å². The number of aryl methyl sites for hydroxylation is 4. The zero-order valence-corrected chi connectivity index (χ0v) is 17.5. The van der Waals surface area contributed by atoms with Crippen molar-refractivity contribution in [1.29, 1.82) is 0 Å². The van der Waals surface area contributed by atoms with Crippen molar-refractivity contribution in [2.75, 3.05) is 11.1 Å². The van der Waals surface area contributed by atoms with Crippen LogP contribution in [0.2, 0.25) is 0 Å². The molecule has 0 spiro atoms. The molecule has 0 bridgehead atoms. The summed E-state index contributed by atoms with van der Waals surface area (Å²) < 4.78 is 1.59. The minimum absolute atomic E-state index is 0.00549. The molecule has 0 unspecified atom stereocenters. The van der Waals surface area contributed by atoms with Crippen LogP contribution in [0.25, 0.3) is 5.69 Å². The summed E-state index contributed by atoms with van der Waals surface area (Å²) in [5.41, 5.74) is 5.63. The number of hydrogen-bond donors (Lipinski definition) is 2. The number of imide groups is 1. The van der Waals surface area contributed by atoms with E-state index in [0.29, 0.717) is 10.8 Å². The van der Waals surface area contributed by atoms with Crippen molar-refractivity contribution in [2.45, 2.75) is 32.9 Å². The molecule has 0 aliphatic heterocycles. The van der Waals surface area contributed by atoms with Gasteiger partial charge < -0.3 is 5.32 Å². The Bertz CT molecular complexity index is 1060. The predicted molar refractivity (Wildman–Crippen MR) is 112 cm³/mol. The van der Waals surface area contributed by atoms with Crippen molar-refractivity contribution in [1.82, 2.24) is 25.5 Å². The Morgan fingerprint density at radius 2 is 1.72 bits per heavy atom. The normalized spacial score (nSPS) is 10.6. The van der Waals surface area contributed by atoms with E-state index in [-0.39, 0.29) is 5.75 Å². The Hall–Kier alpha value is -3.20. The van der Waals surface area contributed by atoms with E-state index < -0.39 is 11.9 Å². The number of rotatable bonds is 5. The van der Waals surface area contributed by atoms with Crippen LogP contribution in [-0.4, -0.2) is 37.9 Å². The topological polar surface area (TPSA) is 102 Å². The number of amides is 3. The first-order chi connectivity index (χ1) is 13.8. The third-order valence-electron chi connectivity index (χ3n) is 4.25. The molecule has 0 aliphatic rings. The Balaban J connectivity index is 1.59. The first kappa shape index (κ1) is 20.5. The molecule has 150 valence electrons. The molecule has 9 heteroatoms. The third kappa shape index (κ3) is 5.20. The summed E-state index contributed by atoms with van der Waals surface area (Å²) in [6, 6.07) is 11.1. The van der Waals surface area contributed by atoms with E-state index in [1.54, 1.807) is 4.68 Å². The van der Waals surface area contributed by atoms with E-state index >= 15 is 0 Å². The lowest BCUT2D eigenvalue weighted by Gasteiger charge is -2.10. The SMILES string of the molecule is Cc1ccc(NC(=O)NC(=O)CSc2nnnn2-c2cc(C)ccc2C)c(C)c1. The molecule has 0 radical (unpaired) electrons. The Morgan fingerprint density at radius 3 is 2.48 bits per heavy atom. The van der Waals surface area contributed by atoms with Crippen LogP contribution in [0.3, 0.4) is 0 Å². The molecule has 2 N–H and O–H groups in total. The third-order valence-corrected chi connectivity index (χ3v) is 5.17. The number of hydrogen-bond acceptors (Lipinski definition) is 6. The molecule has 0 fully saturated rings. The Labute approximate surface area is 173 Å². The predicted octanol–water partition coefficient (Wildman–Crippen LogP) is 3.34. The molecule has 2 aromatic carbocycles. The minimum Gasteiger partial charge on any atom is -0.307 e. The van der Waals surface area contributed by atoms with E-state index in [4.69, 9.17) is 0 Å². The van der Waals surface area contributed by atoms with Crippen molar-refractivity contribution in [2.24, 2.45) is 0 Å². The number of tetrazole rings is 1. The van der Waals surface area contributed by atoms with E-state index in [2.05, 4.69) is 26.2 Å². The lowest BCUT2D eigenvalue weighted by Crippen LogP contribution is -2.35. The molecule has 3 rings (SSSR count). The zero-order chi connectivity index (χ0) is 21.0. The molecule has 0 aliphatic carbocycles. The number of carbonyl (C=O) groups is 2. The second kappa shape index (κ2) is 8.87. The van der Waals surface area contributed by atoms with Crippen molar-refractivity contribution in [3.8, 4) is 5.69 Å². The standard InChI is InChI=1S/C20H22N6O2S/c1-12-6-8-16(15(4)9-12)21-19(28)22-18(27)11-29-20-23-24-25-26(20)17-10-13(2)5-7-14(17)3/h5-10H,11H2,1-4H3,(H2,21,22,27,28). The molecule has 0 atom stereocenters. The first-order valence-electron chi connectivity index (χ1n) is 9.00. The van der Waals surface area contributed by atoms with Gasteiger partial charge in [0.05, 0.1) is 11.4 Å². The molecule has 0 saturated carbocycles. The second-order valence-corrected chi connectivity index (χ2v) is 7.72. The number of nitrogens with zero attached hydrogens (tertiary/aromatic N) is 4. The smallest absolute Gasteiger partial charge is 0.307 e. The van der Waals surface area contributed by atoms with Crippen LogP contribution in [-0.2, 0) is 4.79 Å². The fourth-order valence-electron chi connectivity index (χ4n) is 2.77. The summed E-state index contributed by atoms with van der Waals surface area (Å²) >= 11 is 1.16. The van der Waals surface area contributed by atoms with Gasteiger partial charge in [0.15, 0.2) is 0 Å². The van der Waals surface area contributed by atoms with E-state index in [1.807, 2.05) is 64.1 Å². The number of benzene rings is 2. The molecular weight excluding hydrogens is 388 g/mol. The van der Waals surface area contributed by atoms with Gasteiger partial charge in [-0.25, -0.2) is 4.79 Å². The molecule has 1 heterocycles. The molecule has 29 heavy (non-hydrogen) atoms. The van der Waals surface area contributed by atoms with Gasteiger partial charge in [-0.3, -0.25) is 10.1 Å². The van der Waals surface area contributed by atoms with Crippen LogP contribution in [0.15, 0.2) is 41.6 Å². The van der Waals surface area contributed by atoms with Crippen molar-refractivity contribution < 1.29 is 9.59 Å². The van der Waals surface area contributed by atoms with Gasteiger partial charge in [-0.05, 0) is 66.9 Å². The maximum absolute atomic E-state index is 12.2. The highest BCUT2D eigenvalue weighted by atomic mass is 32.2. The number of anilines is 1. The average molecular weight is 411 g/mol. The van der Waals surface area contributed by atoms with Gasteiger partial charge in [-0.1, -0.05) is 41.6 Å². The molecule has 3 amide bonds. The Kier molecular flexibility index (Phi) is 6.28. The monoisotopic (exact) mass is 410 g/mol. The van der Waals surface area contributed by atoms with E-state index in [9.17, 15) is 9.59 Å². The van der Waals surface area contributed by atoms with Crippen molar-refractivity contribution >= 4 is 29.4 Å². The van der Waals surface area contributed by atoms with E-state index in [0.717, 1.165) is 39.7 Å². The number of urea groups is 1. The highest BCUT2D eigenvalue weighted by Gasteiger charge is 2.15. The first-order valence-corrected chi connectivity index (χ1v) is 9.99. The summed E-state index contributed by atoms with van der Waals surface area (Å²) in [6.07, 6.45) is 0. The second-order valence-electron chi connectivity index (χ2n) is 6.77. The number of carbonyl (C=O) groups excluding carboxylic acids is 2. The highest BCUT2D eigenvalue weighted by Crippen LogP contribution is 2.21. The summed E-state index contributed by atoms with van der Waals surface area (Å²) in [5.74, 6) is -0.432. The van der Waals surface area contributed by atoms with E-state index in [1.165, 1.54) is 0 Å². The maximum atomic E-state index is 12.2. The molecule has 3 aromatic rings. The van der Waals surface area contributed by atoms with Crippen LogP contribution in [0.4, 0.5) is 10.5 Å². The lowest BCUT2D eigenvalue weighted by molar-refractivity contribution is -0.117. The van der Waals surface area contributed by atoms with Gasteiger partial charge in [0.25, 0.3) is 0 Å². The van der Waals surface area contributed by atoms with Gasteiger partial charge in [-0.15, -0.1) is 5.10 Å². The van der Waals surface area contributed by atoms with Gasteiger partial charge >= 0.3 is 6.03 Å². The maximum Gasteiger partial charge on any atom is 0.325 e.